The van der Waals surface area contributed by atoms with Gasteiger partial charge in [-0.1, -0.05) is 24.3 Å². The van der Waals surface area contributed by atoms with E-state index >= 15 is 0 Å². The largest absolute Gasteiger partial charge is 0.278 e. The summed E-state index contributed by atoms with van der Waals surface area (Å²) >= 11 is 0. The van der Waals surface area contributed by atoms with Gasteiger partial charge in [-0.2, -0.15) is 10.2 Å². The molecule has 0 unspecified atom stereocenters. The molecule has 0 heterocycles. The number of rotatable bonds is 8. The Kier molecular flexibility index (Phi) is 6.41. The van der Waals surface area contributed by atoms with E-state index in [1.165, 1.54) is 24.3 Å². The van der Waals surface area contributed by atoms with Gasteiger partial charge in [-0.05, 0) is 24.3 Å². The number of anilines is 2. The van der Waals surface area contributed by atoms with Crippen molar-refractivity contribution in [2.75, 3.05) is 10.9 Å². The Morgan fingerprint density at radius 1 is 0.633 bits per heavy atom. The van der Waals surface area contributed by atoms with E-state index in [9.17, 15) is 20.2 Å². The first-order chi connectivity index (χ1) is 14.5. The maximum absolute atomic E-state index is 10.7. The Morgan fingerprint density at radius 2 is 1.00 bits per heavy atom. The molecule has 2 N–H and O–H groups in total. The fourth-order valence-corrected chi connectivity index (χ4v) is 2.41. The van der Waals surface area contributed by atoms with E-state index in [-0.39, 0.29) is 11.4 Å². The van der Waals surface area contributed by atoms with Gasteiger partial charge in [0.2, 0.25) is 0 Å². The summed E-state index contributed by atoms with van der Waals surface area (Å²) in [4.78, 5) is 20.4. The van der Waals surface area contributed by atoms with Crippen molar-refractivity contribution in [2.45, 2.75) is 0 Å². The van der Waals surface area contributed by atoms with Crippen molar-refractivity contribution >= 4 is 35.2 Å². The lowest BCUT2D eigenvalue weighted by atomic mass is 10.1. The van der Waals surface area contributed by atoms with Gasteiger partial charge >= 0.3 is 0 Å². The molecule has 0 radical (unpaired) electrons. The Balaban J connectivity index is 1.63. The van der Waals surface area contributed by atoms with Crippen LogP contribution in [0.5, 0.6) is 0 Å². The van der Waals surface area contributed by atoms with Crippen molar-refractivity contribution in [1.29, 1.82) is 0 Å². The predicted molar refractivity (Wildman–Crippen MR) is 115 cm³/mol. The molecule has 0 saturated carbocycles. The fraction of sp³-hybridized carbons (Fsp3) is 0. The SMILES string of the molecule is O=[N+]([O-])c1ccc(N/N=C/c2ccccc2/C=N/Nc2ccc([N+](=O)[O-])cc2)cc1. The second-order valence-electron chi connectivity index (χ2n) is 5.98. The van der Waals surface area contributed by atoms with E-state index in [4.69, 9.17) is 0 Å². The lowest BCUT2D eigenvalue weighted by Gasteiger charge is -2.02. The van der Waals surface area contributed by atoms with Crippen LogP contribution in [0.25, 0.3) is 0 Å². The van der Waals surface area contributed by atoms with Gasteiger partial charge in [-0.3, -0.25) is 31.1 Å². The zero-order valence-corrected chi connectivity index (χ0v) is 15.5. The molecule has 0 amide bonds. The molecule has 0 fully saturated rings. The third-order valence-corrected chi connectivity index (χ3v) is 3.95. The highest BCUT2D eigenvalue weighted by atomic mass is 16.6. The van der Waals surface area contributed by atoms with E-state index in [0.29, 0.717) is 11.4 Å². The van der Waals surface area contributed by atoms with Gasteiger partial charge < -0.3 is 0 Å². The molecule has 0 saturated heterocycles. The van der Waals surface area contributed by atoms with Crippen molar-refractivity contribution in [2.24, 2.45) is 10.2 Å². The van der Waals surface area contributed by atoms with Gasteiger partial charge in [0.15, 0.2) is 0 Å². The minimum absolute atomic E-state index is 0.00612. The van der Waals surface area contributed by atoms with E-state index < -0.39 is 9.85 Å². The number of hydrogen-bond donors (Lipinski definition) is 2. The zero-order valence-electron chi connectivity index (χ0n) is 15.5. The average molecular weight is 404 g/mol. The number of hydrazone groups is 2. The van der Waals surface area contributed by atoms with E-state index in [1.807, 2.05) is 24.3 Å². The van der Waals surface area contributed by atoms with Gasteiger partial charge in [0, 0.05) is 35.4 Å². The van der Waals surface area contributed by atoms with Crippen LogP contribution in [0.3, 0.4) is 0 Å². The minimum atomic E-state index is -0.465. The number of nitrogens with one attached hydrogen (secondary N) is 2. The van der Waals surface area contributed by atoms with E-state index in [0.717, 1.165) is 11.1 Å². The molecule has 0 aliphatic rings. The van der Waals surface area contributed by atoms with Gasteiger partial charge in [-0.15, -0.1) is 0 Å². The van der Waals surface area contributed by atoms with Crippen molar-refractivity contribution in [3.05, 3.63) is 104 Å². The second-order valence-corrected chi connectivity index (χ2v) is 5.98. The van der Waals surface area contributed by atoms with E-state index in [1.54, 1.807) is 36.7 Å². The van der Waals surface area contributed by atoms with Crippen LogP contribution in [-0.2, 0) is 0 Å². The Morgan fingerprint density at radius 3 is 1.33 bits per heavy atom. The van der Waals surface area contributed by atoms with Crippen LogP contribution in [0.4, 0.5) is 22.7 Å². The molecule has 3 rings (SSSR count). The molecule has 150 valence electrons. The Labute approximate surface area is 170 Å². The summed E-state index contributed by atoms with van der Waals surface area (Å²) < 4.78 is 0. The van der Waals surface area contributed by atoms with Crippen LogP contribution in [0.2, 0.25) is 0 Å². The van der Waals surface area contributed by atoms with Crippen molar-refractivity contribution in [1.82, 2.24) is 0 Å². The molecule has 0 aliphatic carbocycles. The maximum Gasteiger partial charge on any atom is 0.269 e. The number of nitro benzene ring substituents is 2. The quantitative estimate of drug-likeness (QED) is 0.325. The zero-order chi connectivity index (χ0) is 21.3. The van der Waals surface area contributed by atoms with Gasteiger partial charge in [0.25, 0.3) is 11.4 Å². The summed E-state index contributed by atoms with van der Waals surface area (Å²) in [6.07, 6.45) is 3.21. The smallest absolute Gasteiger partial charge is 0.269 e. The summed E-state index contributed by atoms with van der Waals surface area (Å²) in [5, 5.41) is 29.7. The highest BCUT2D eigenvalue weighted by Gasteiger charge is 2.04. The van der Waals surface area contributed by atoms with Gasteiger partial charge in [-0.25, -0.2) is 0 Å². The molecule has 0 atom stereocenters. The third-order valence-electron chi connectivity index (χ3n) is 3.95. The molecule has 10 nitrogen and oxygen atoms in total. The molecule has 10 heteroatoms. The second kappa shape index (κ2) is 9.55. The molecule has 3 aromatic rings. The summed E-state index contributed by atoms with van der Waals surface area (Å²) in [5.74, 6) is 0. The van der Waals surface area contributed by atoms with Crippen LogP contribution in [0.1, 0.15) is 11.1 Å². The summed E-state index contributed by atoms with van der Waals surface area (Å²) in [7, 11) is 0. The standard InChI is InChI=1S/C20H16N6O4/c27-25(28)19-9-5-17(6-10-19)23-21-13-15-3-1-2-4-16(15)14-22-24-18-7-11-20(12-8-18)26(29)30/h1-14,23-24H/b21-13+,22-14+. The minimum Gasteiger partial charge on any atom is -0.278 e. The maximum atomic E-state index is 10.7. The number of non-ortho nitro benzene ring substituents is 2. The molecule has 3 aromatic carbocycles. The lowest BCUT2D eigenvalue weighted by molar-refractivity contribution is -0.385. The van der Waals surface area contributed by atoms with Crippen LogP contribution in [-0.4, -0.2) is 22.3 Å². The molecular weight excluding hydrogens is 388 g/mol. The first-order valence-corrected chi connectivity index (χ1v) is 8.69. The monoisotopic (exact) mass is 404 g/mol. The molecule has 30 heavy (non-hydrogen) atoms. The Bertz CT molecular complexity index is 1010. The normalized spacial score (nSPS) is 10.9. The average Bonchev–Trinajstić information content (AvgIpc) is 2.75. The molecule has 0 bridgehead atoms. The number of nitro groups is 2. The summed E-state index contributed by atoms with van der Waals surface area (Å²) in [6.45, 7) is 0. The highest BCUT2D eigenvalue weighted by Crippen LogP contribution is 2.16. The first kappa shape index (κ1) is 20.1. The van der Waals surface area contributed by atoms with Crippen LogP contribution in [0.15, 0.2) is 83.0 Å². The van der Waals surface area contributed by atoms with Crippen molar-refractivity contribution in [3.8, 4) is 0 Å². The van der Waals surface area contributed by atoms with Crippen LogP contribution >= 0.6 is 0 Å². The van der Waals surface area contributed by atoms with Gasteiger partial charge in [0.05, 0.1) is 33.7 Å². The lowest BCUT2D eigenvalue weighted by Crippen LogP contribution is -1.97. The third kappa shape index (κ3) is 5.45. The fourth-order valence-electron chi connectivity index (χ4n) is 2.41. The highest BCUT2D eigenvalue weighted by molar-refractivity contribution is 5.94. The van der Waals surface area contributed by atoms with Crippen LogP contribution < -0.4 is 10.9 Å². The molecule has 0 aliphatic heterocycles. The first-order valence-electron chi connectivity index (χ1n) is 8.69. The predicted octanol–water partition coefficient (Wildman–Crippen LogP) is 4.40. The number of hydrogen-bond acceptors (Lipinski definition) is 8. The summed E-state index contributed by atoms with van der Waals surface area (Å²) in [5.41, 5.74) is 8.45. The Hall–Kier alpha value is -4.60. The van der Waals surface area contributed by atoms with Crippen molar-refractivity contribution < 1.29 is 9.85 Å². The summed E-state index contributed by atoms with van der Waals surface area (Å²) in [6, 6.07) is 19.3. The number of benzene rings is 3. The topological polar surface area (TPSA) is 135 Å². The number of nitrogens with zero attached hydrogens (tertiary/aromatic N) is 4. The van der Waals surface area contributed by atoms with Gasteiger partial charge in [0.1, 0.15) is 0 Å². The van der Waals surface area contributed by atoms with Crippen molar-refractivity contribution in [3.63, 3.8) is 0 Å². The molecule has 0 aromatic heterocycles. The molecule has 0 spiro atoms. The van der Waals surface area contributed by atoms with E-state index in [2.05, 4.69) is 21.1 Å². The molecular formula is C20H16N6O4. The van der Waals surface area contributed by atoms with Crippen LogP contribution in [0, 0.1) is 20.2 Å².